The van der Waals surface area contributed by atoms with Crippen LogP contribution in [-0.2, 0) is 4.79 Å². The maximum Gasteiger partial charge on any atom is 0.320 e. The third kappa shape index (κ3) is 2.85. The summed E-state index contributed by atoms with van der Waals surface area (Å²) >= 11 is 0. The summed E-state index contributed by atoms with van der Waals surface area (Å²) in [5.41, 5.74) is 0. The molecule has 6 heteroatoms. The number of hydrogen-bond acceptors (Lipinski definition) is 3. The van der Waals surface area contributed by atoms with Crippen molar-refractivity contribution in [1.29, 1.82) is 0 Å². The van der Waals surface area contributed by atoms with E-state index in [1.807, 2.05) is 6.92 Å². The molecule has 1 atom stereocenters. The van der Waals surface area contributed by atoms with Crippen molar-refractivity contribution < 1.29 is 19.8 Å². The molecule has 0 aromatic rings. The number of carbonyl (C=O) groups is 2. The van der Waals surface area contributed by atoms with Crippen LogP contribution in [0.1, 0.15) is 13.3 Å². The molecular weight excluding hydrogens is 212 g/mol. The van der Waals surface area contributed by atoms with Gasteiger partial charge >= 0.3 is 12.0 Å². The quantitative estimate of drug-likeness (QED) is 0.702. The minimum atomic E-state index is -0.847. The average molecular weight is 230 g/mol. The molecule has 6 nitrogen and oxygen atoms in total. The molecule has 1 rings (SSSR count). The summed E-state index contributed by atoms with van der Waals surface area (Å²) in [6.07, 6.45) is 0.512. The number of rotatable bonds is 4. The van der Waals surface area contributed by atoms with E-state index < -0.39 is 11.9 Å². The first-order valence-electron chi connectivity index (χ1n) is 5.47. The van der Waals surface area contributed by atoms with Crippen LogP contribution in [0.4, 0.5) is 4.79 Å². The largest absolute Gasteiger partial charge is 0.481 e. The summed E-state index contributed by atoms with van der Waals surface area (Å²) in [7, 11) is 0. The first kappa shape index (κ1) is 12.8. The van der Waals surface area contributed by atoms with Crippen molar-refractivity contribution in [2.45, 2.75) is 13.3 Å². The van der Waals surface area contributed by atoms with Crippen molar-refractivity contribution in [3.05, 3.63) is 0 Å². The highest BCUT2D eigenvalue weighted by Crippen LogP contribution is 2.17. The monoisotopic (exact) mass is 230 g/mol. The lowest BCUT2D eigenvalue weighted by Gasteiger charge is -2.26. The van der Waals surface area contributed by atoms with Gasteiger partial charge in [0.1, 0.15) is 0 Å². The Hall–Kier alpha value is -1.30. The van der Waals surface area contributed by atoms with Gasteiger partial charge in [-0.05, 0) is 13.3 Å². The Morgan fingerprint density at radius 3 is 2.62 bits per heavy atom. The van der Waals surface area contributed by atoms with Crippen LogP contribution < -0.4 is 0 Å². The van der Waals surface area contributed by atoms with Gasteiger partial charge < -0.3 is 20.0 Å². The summed E-state index contributed by atoms with van der Waals surface area (Å²) in [4.78, 5) is 25.7. The summed E-state index contributed by atoms with van der Waals surface area (Å²) in [5.74, 6) is -1.29. The third-order valence-electron chi connectivity index (χ3n) is 2.83. The highest BCUT2D eigenvalue weighted by molar-refractivity contribution is 5.77. The van der Waals surface area contributed by atoms with Gasteiger partial charge in [0, 0.05) is 26.2 Å². The Labute approximate surface area is 94.4 Å². The Morgan fingerprint density at radius 2 is 2.19 bits per heavy atom. The van der Waals surface area contributed by atoms with Gasteiger partial charge in [-0.1, -0.05) is 0 Å². The van der Waals surface area contributed by atoms with Crippen LogP contribution in [0.15, 0.2) is 0 Å². The van der Waals surface area contributed by atoms with Gasteiger partial charge in [-0.25, -0.2) is 4.79 Å². The molecular formula is C10H18N2O4. The molecule has 1 heterocycles. The maximum atomic E-state index is 11.9. The molecule has 1 saturated heterocycles. The number of likely N-dealkylation sites (tertiary alicyclic amines) is 1. The number of urea groups is 1. The number of likely N-dealkylation sites (N-methyl/N-ethyl adjacent to an activating group) is 1. The van der Waals surface area contributed by atoms with Crippen LogP contribution in [0.5, 0.6) is 0 Å². The molecule has 0 radical (unpaired) electrons. The molecule has 1 aliphatic heterocycles. The number of aliphatic hydroxyl groups excluding tert-OH is 1. The molecule has 0 aliphatic carbocycles. The minimum Gasteiger partial charge on any atom is -0.481 e. The Kier molecular flexibility index (Phi) is 4.54. The van der Waals surface area contributed by atoms with Crippen LogP contribution >= 0.6 is 0 Å². The van der Waals surface area contributed by atoms with Crippen molar-refractivity contribution in [3.63, 3.8) is 0 Å². The van der Waals surface area contributed by atoms with Crippen molar-refractivity contribution in [1.82, 2.24) is 9.80 Å². The van der Waals surface area contributed by atoms with Gasteiger partial charge in [0.2, 0.25) is 0 Å². The van der Waals surface area contributed by atoms with E-state index in [1.165, 1.54) is 9.80 Å². The van der Waals surface area contributed by atoms with E-state index >= 15 is 0 Å². The van der Waals surface area contributed by atoms with E-state index in [0.717, 1.165) is 0 Å². The number of aliphatic hydroxyl groups is 1. The van der Waals surface area contributed by atoms with E-state index in [4.69, 9.17) is 10.2 Å². The zero-order valence-corrected chi connectivity index (χ0v) is 9.43. The van der Waals surface area contributed by atoms with Gasteiger partial charge in [-0.2, -0.15) is 0 Å². The second kappa shape index (κ2) is 5.69. The summed E-state index contributed by atoms with van der Waals surface area (Å²) in [5, 5.41) is 17.6. The average Bonchev–Trinajstić information content (AvgIpc) is 2.74. The molecule has 0 saturated carbocycles. The normalized spacial score (nSPS) is 19.9. The van der Waals surface area contributed by atoms with Gasteiger partial charge in [-0.15, -0.1) is 0 Å². The van der Waals surface area contributed by atoms with Gasteiger partial charge in [-0.3, -0.25) is 4.79 Å². The van der Waals surface area contributed by atoms with E-state index in [1.54, 1.807) is 0 Å². The van der Waals surface area contributed by atoms with E-state index in [0.29, 0.717) is 26.1 Å². The standard InChI is InChI=1S/C10H18N2O4/c1-2-11(5-6-13)10(16)12-4-3-8(7-12)9(14)15/h8,13H,2-7H2,1H3,(H,14,15). The number of carbonyl (C=O) groups excluding carboxylic acids is 1. The molecule has 16 heavy (non-hydrogen) atoms. The lowest BCUT2D eigenvalue weighted by Crippen LogP contribution is -2.43. The second-order valence-corrected chi connectivity index (χ2v) is 3.86. The predicted octanol–water partition coefficient (Wildman–Crippen LogP) is -0.173. The lowest BCUT2D eigenvalue weighted by molar-refractivity contribution is -0.141. The Morgan fingerprint density at radius 1 is 1.50 bits per heavy atom. The highest BCUT2D eigenvalue weighted by Gasteiger charge is 2.32. The zero-order chi connectivity index (χ0) is 12.1. The fourth-order valence-electron chi connectivity index (χ4n) is 1.85. The van der Waals surface area contributed by atoms with Crippen LogP contribution in [0, 0.1) is 5.92 Å². The van der Waals surface area contributed by atoms with Crippen molar-refractivity contribution in [2.75, 3.05) is 32.8 Å². The maximum absolute atomic E-state index is 11.9. The minimum absolute atomic E-state index is 0.0736. The van der Waals surface area contributed by atoms with E-state index in [9.17, 15) is 9.59 Å². The van der Waals surface area contributed by atoms with Crippen LogP contribution in [0.3, 0.4) is 0 Å². The fourth-order valence-corrected chi connectivity index (χ4v) is 1.85. The van der Waals surface area contributed by atoms with Crippen molar-refractivity contribution in [3.8, 4) is 0 Å². The molecule has 92 valence electrons. The number of carboxylic acids is 1. The molecule has 2 amide bonds. The molecule has 0 bridgehead atoms. The van der Waals surface area contributed by atoms with Gasteiger partial charge in [0.15, 0.2) is 0 Å². The van der Waals surface area contributed by atoms with Crippen LogP contribution in [-0.4, -0.2) is 64.8 Å². The molecule has 1 unspecified atom stereocenters. The van der Waals surface area contributed by atoms with Crippen molar-refractivity contribution in [2.24, 2.45) is 5.92 Å². The first-order chi connectivity index (χ1) is 7.60. The molecule has 1 aliphatic rings. The Balaban J connectivity index is 2.52. The Bertz CT molecular complexity index is 270. The molecule has 0 aromatic carbocycles. The van der Waals surface area contributed by atoms with E-state index in [-0.39, 0.29) is 19.2 Å². The number of carboxylic acid groups (broad SMARTS) is 1. The predicted molar refractivity (Wildman–Crippen MR) is 57.0 cm³/mol. The SMILES string of the molecule is CCN(CCO)C(=O)N1CCC(C(=O)O)C1. The first-order valence-corrected chi connectivity index (χ1v) is 5.47. The number of amides is 2. The topological polar surface area (TPSA) is 81.1 Å². The van der Waals surface area contributed by atoms with Crippen LogP contribution in [0.2, 0.25) is 0 Å². The number of nitrogens with zero attached hydrogens (tertiary/aromatic N) is 2. The third-order valence-corrected chi connectivity index (χ3v) is 2.83. The van der Waals surface area contributed by atoms with Gasteiger partial charge in [0.05, 0.1) is 12.5 Å². The van der Waals surface area contributed by atoms with Crippen molar-refractivity contribution >= 4 is 12.0 Å². The smallest absolute Gasteiger partial charge is 0.320 e. The summed E-state index contributed by atoms with van der Waals surface area (Å²) < 4.78 is 0. The van der Waals surface area contributed by atoms with E-state index in [2.05, 4.69) is 0 Å². The summed E-state index contributed by atoms with van der Waals surface area (Å²) in [6.45, 7) is 3.33. The zero-order valence-electron chi connectivity index (χ0n) is 9.43. The molecule has 1 fully saturated rings. The van der Waals surface area contributed by atoms with Crippen LogP contribution in [0.25, 0.3) is 0 Å². The number of hydrogen-bond donors (Lipinski definition) is 2. The molecule has 0 aromatic heterocycles. The highest BCUT2D eigenvalue weighted by atomic mass is 16.4. The lowest BCUT2D eigenvalue weighted by atomic mass is 10.1. The molecule has 2 N–H and O–H groups in total. The van der Waals surface area contributed by atoms with Gasteiger partial charge in [0.25, 0.3) is 0 Å². The number of aliphatic carboxylic acids is 1. The summed E-state index contributed by atoms with van der Waals surface area (Å²) in [6, 6.07) is -0.180. The second-order valence-electron chi connectivity index (χ2n) is 3.86. The fraction of sp³-hybridized carbons (Fsp3) is 0.800. The molecule has 0 spiro atoms.